The summed E-state index contributed by atoms with van der Waals surface area (Å²) in [7, 11) is 0. The Balaban J connectivity index is 3.28. The van der Waals surface area contributed by atoms with Crippen molar-refractivity contribution in [1.82, 2.24) is 4.98 Å². The zero-order valence-corrected chi connectivity index (χ0v) is 7.52. The standard InChI is InChI=1S/C8H11N3O2/c1-8(2,9)7-6(11(12)13)4-3-5-10-7/h3-5H,9H2,1-2H3. The highest BCUT2D eigenvalue weighted by Gasteiger charge is 2.25. The van der Waals surface area contributed by atoms with Crippen LogP contribution in [0.3, 0.4) is 0 Å². The normalized spacial score (nSPS) is 11.3. The maximum atomic E-state index is 10.6. The fourth-order valence-corrected chi connectivity index (χ4v) is 1.04. The molecule has 5 heteroatoms. The number of nitrogens with two attached hydrogens (primary N) is 1. The van der Waals surface area contributed by atoms with Gasteiger partial charge in [-0.05, 0) is 19.9 Å². The first kappa shape index (κ1) is 9.60. The van der Waals surface area contributed by atoms with Gasteiger partial charge in [0.15, 0.2) is 0 Å². The SMILES string of the molecule is CC(C)(N)c1ncccc1[N+](=O)[O-]. The molecular formula is C8H11N3O2. The molecule has 1 heterocycles. The molecule has 1 rings (SSSR count). The lowest BCUT2D eigenvalue weighted by molar-refractivity contribution is -0.386. The predicted molar refractivity (Wildman–Crippen MR) is 48.1 cm³/mol. The molecule has 0 atom stereocenters. The lowest BCUT2D eigenvalue weighted by Crippen LogP contribution is -2.30. The Kier molecular flexibility index (Phi) is 2.29. The van der Waals surface area contributed by atoms with Gasteiger partial charge >= 0.3 is 0 Å². The van der Waals surface area contributed by atoms with Crippen molar-refractivity contribution in [1.29, 1.82) is 0 Å². The number of nitrogens with zero attached hydrogens (tertiary/aromatic N) is 2. The van der Waals surface area contributed by atoms with Crippen molar-refractivity contribution >= 4 is 5.69 Å². The Morgan fingerprint density at radius 3 is 2.62 bits per heavy atom. The lowest BCUT2D eigenvalue weighted by Gasteiger charge is -2.16. The van der Waals surface area contributed by atoms with Gasteiger partial charge in [-0.3, -0.25) is 15.1 Å². The van der Waals surface area contributed by atoms with Gasteiger partial charge in [0.05, 0.1) is 10.5 Å². The summed E-state index contributed by atoms with van der Waals surface area (Å²) in [5.41, 5.74) is 5.21. The van der Waals surface area contributed by atoms with Crippen LogP contribution in [-0.4, -0.2) is 9.91 Å². The van der Waals surface area contributed by atoms with Gasteiger partial charge in [-0.1, -0.05) is 0 Å². The molecule has 1 aromatic heterocycles. The first-order valence-corrected chi connectivity index (χ1v) is 3.81. The molecule has 0 bridgehead atoms. The number of nitro groups is 1. The smallest absolute Gasteiger partial charge is 0.292 e. The molecule has 2 N–H and O–H groups in total. The Morgan fingerprint density at radius 1 is 1.62 bits per heavy atom. The fourth-order valence-electron chi connectivity index (χ4n) is 1.04. The molecule has 70 valence electrons. The zero-order chi connectivity index (χ0) is 10.1. The first-order chi connectivity index (χ1) is 5.93. The second kappa shape index (κ2) is 3.10. The first-order valence-electron chi connectivity index (χ1n) is 3.81. The minimum absolute atomic E-state index is 0.0324. The van der Waals surface area contributed by atoms with E-state index in [0.29, 0.717) is 5.69 Å². The number of hydrogen-bond acceptors (Lipinski definition) is 4. The number of aromatic nitrogens is 1. The molecule has 0 unspecified atom stereocenters. The van der Waals surface area contributed by atoms with Crippen molar-refractivity contribution in [3.05, 3.63) is 34.1 Å². The van der Waals surface area contributed by atoms with E-state index >= 15 is 0 Å². The van der Waals surface area contributed by atoms with Crippen molar-refractivity contribution in [2.75, 3.05) is 0 Å². The van der Waals surface area contributed by atoms with Crippen LogP contribution >= 0.6 is 0 Å². The minimum Gasteiger partial charge on any atom is -0.320 e. The molecule has 13 heavy (non-hydrogen) atoms. The van der Waals surface area contributed by atoms with Crippen LogP contribution in [0.15, 0.2) is 18.3 Å². The second-order valence-electron chi connectivity index (χ2n) is 3.35. The van der Waals surface area contributed by atoms with Gasteiger partial charge in [0.25, 0.3) is 5.69 Å². The van der Waals surface area contributed by atoms with Crippen molar-refractivity contribution in [2.24, 2.45) is 5.73 Å². The van der Waals surface area contributed by atoms with E-state index in [9.17, 15) is 10.1 Å². The van der Waals surface area contributed by atoms with Crippen LogP contribution in [0.25, 0.3) is 0 Å². The molecule has 0 fully saturated rings. The summed E-state index contributed by atoms with van der Waals surface area (Å²) in [6.07, 6.45) is 1.50. The van der Waals surface area contributed by atoms with Gasteiger partial charge in [-0.2, -0.15) is 0 Å². The summed E-state index contributed by atoms with van der Waals surface area (Å²) in [5.74, 6) is 0. The maximum Gasteiger partial charge on any atom is 0.292 e. The maximum absolute atomic E-state index is 10.6. The third kappa shape index (κ3) is 2.00. The van der Waals surface area contributed by atoms with Gasteiger partial charge < -0.3 is 5.73 Å². The molecule has 0 amide bonds. The minimum atomic E-state index is -0.788. The molecule has 0 aliphatic heterocycles. The van der Waals surface area contributed by atoms with E-state index in [1.165, 1.54) is 18.3 Å². The van der Waals surface area contributed by atoms with Crippen LogP contribution in [-0.2, 0) is 5.54 Å². The molecular weight excluding hydrogens is 170 g/mol. The third-order valence-electron chi connectivity index (χ3n) is 1.59. The van der Waals surface area contributed by atoms with Crippen molar-refractivity contribution < 1.29 is 4.92 Å². The van der Waals surface area contributed by atoms with Crippen LogP contribution in [0, 0.1) is 10.1 Å². The molecule has 1 aromatic rings. The fraction of sp³-hybridized carbons (Fsp3) is 0.375. The Morgan fingerprint density at radius 2 is 2.23 bits per heavy atom. The summed E-state index contributed by atoms with van der Waals surface area (Å²) < 4.78 is 0. The van der Waals surface area contributed by atoms with Crippen molar-refractivity contribution in [3.8, 4) is 0 Å². The summed E-state index contributed by atoms with van der Waals surface area (Å²) in [4.78, 5) is 14.0. The van der Waals surface area contributed by atoms with Crippen LogP contribution < -0.4 is 5.73 Å². The molecule has 0 radical (unpaired) electrons. The van der Waals surface area contributed by atoms with Gasteiger partial charge in [0, 0.05) is 12.3 Å². The van der Waals surface area contributed by atoms with Gasteiger partial charge in [0.2, 0.25) is 0 Å². The van der Waals surface area contributed by atoms with E-state index in [1.54, 1.807) is 13.8 Å². The number of rotatable bonds is 2. The average Bonchev–Trinajstić information content (AvgIpc) is 2.03. The predicted octanol–water partition coefficient (Wildman–Crippen LogP) is 1.18. The van der Waals surface area contributed by atoms with Crippen LogP contribution in [0.4, 0.5) is 5.69 Å². The van der Waals surface area contributed by atoms with E-state index < -0.39 is 10.5 Å². The number of pyridine rings is 1. The van der Waals surface area contributed by atoms with Crippen LogP contribution in [0.1, 0.15) is 19.5 Å². The van der Waals surface area contributed by atoms with Gasteiger partial charge in [-0.25, -0.2) is 0 Å². The van der Waals surface area contributed by atoms with E-state index in [4.69, 9.17) is 5.73 Å². The highest BCUT2D eigenvalue weighted by Crippen LogP contribution is 2.24. The Bertz CT molecular complexity index is 330. The monoisotopic (exact) mass is 181 g/mol. The Hall–Kier alpha value is -1.49. The second-order valence-corrected chi connectivity index (χ2v) is 3.35. The van der Waals surface area contributed by atoms with E-state index in [0.717, 1.165) is 0 Å². The van der Waals surface area contributed by atoms with Crippen LogP contribution in [0.2, 0.25) is 0 Å². The van der Waals surface area contributed by atoms with Crippen molar-refractivity contribution in [3.63, 3.8) is 0 Å². The van der Waals surface area contributed by atoms with Crippen molar-refractivity contribution in [2.45, 2.75) is 19.4 Å². The molecule has 0 saturated carbocycles. The third-order valence-corrected chi connectivity index (χ3v) is 1.59. The largest absolute Gasteiger partial charge is 0.320 e. The molecule has 0 spiro atoms. The molecule has 0 aromatic carbocycles. The zero-order valence-electron chi connectivity index (χ0n) is 7.52. The van der Waals surface area contributed by atoms with Crippen LogP contribution in [0.5, 0.6) is 0 Å². The highest BCUT2D eigenvalue weighted by molar-refractivity contribution is 5.38. The summed E-state index contributed by atoms with van der Waals surface area (Å²) in [5, 5.41) is 10.6. The van der Waals surface area contributed by atoms with E-state index in [-0.39, 0.29) is 5.69 Å². The molecule has 0 aliphatic rings. The van der Waals surface area contributed by atoms with E-state index in [2.05, 4.69) is 4.98 Å². The van der Waals surface area contributed by atoms with Gasteiger partial charge in [-0.15, -0.1) is 0 Å². The molecule has 0 saturated heterocycles. The summed E-state index contributed by atoms with van der Waals surface area (Å²) in [6, 6.07) is 2.92. The topological polar surface area (TPSA) is 82.0 Å². The number of hydrogen-bond donors (Lipinski definition) is 1. The lowest BCUT2D eigenvalue weighted by atomic mass is 10.0. The molecule has 5 nitrogen and oxygen atoms in total. The highest BCUT2D eigenvalue weighted by atomic mass is 16.6. The average molecular weight is 181 g/mol. The molecule has 0 aliphatic carbocycles. The summed E-state index contributed by atoms with van der Waals surface area (Å²) in [6.45, 7) is 3.37. The van der Waals surface area contributed by atoms with E-state index in [1.807, 2.05) is 0 Å². The van der Waals surface area contributed by atoms with Gasteiger partial charge in [0.1, 0.15) is 5.69 Å². The summed E-state index contributed by atoms with van der Waals surface area (Å²) >= 11 is 0. The Labute approximate surface area is 75.7 Å². The quantitative estimate of drug-likeness (QED) is 0.548.